The highest BCUT2D eigenvalue weighted by molar-refractivity contribution is 7.09. The van der Waals surface area contributed by atoms with Gasteiger partial charge in [0.1, 0.15) is 0 Å². The molecule has 0 aliphatic carbocycles. The molecular weight excluding hydrogens is 280 g/mol. The number of amides is 1. The summed E-state index contributed by atoms with van der Waals surface area (Å²) in [7, 11) is 0. The number of rotatable bonds is 5. The lowest BCUT2D eigenvalue weighted by Crippen LogP contribution is -2.27. The van der Waals surface area contributed by atoms with Gasteiger partial charge in [-0.2, -0.15) is 0 Å². The zero-order valence-corrected chi connectivity index (χ0v) is 12.2. The van der Waals surface area contributed by atoms with Gasteiger partial charge in [0.25, 0.3) is 0 Å². The lowest BCUT2D eigenvalue weighted by Gasteiger charge is -2.04. The first-order valence-electron chi connectivity index (χ1n) is 6.05. The Bertz CT molecular complexity index is 568. The summed E-state index contributed by atoms with van der Waals surface area (Å²) in [5, 5.41) is 6.62. The maximum Gasteiger partial charge on any atom is 0.224 e. The Kier molecular flexibility index (Phi) is 4.93. The van der Waals surface area contributed by atoms with E-state index in [-0.39, 0.29) is 5.91 Å². The highest BCUT2D eigenvalue weighted by Crippen LogP contribution is 2.11. The van der Waals surface area contributed by atoms with Gasteiger partial charge in [0.15, 0.2) is 0 Å². The standard InChI is InChI=1S/C14H15ClN2OS/c1-10-9-19-14(17-10)5-6-16-13(18)8-11-3-2-4-12(15)7-11/h2-4,7,9H,5-6,8H2,1H3,(H,16,18). The monoisotopic (exact) mass is 294 g/mol. The summed E-state index contributed by atoms with van der Waals surface area (Å²) in [5.74, 6) is 0.00976. The molecule has 1 aromatic heterocycles. The van der Waals surface area contributed by atoms with Crippen molar-refractivity contribution in [1.29, 1.82) is 0 Å². The molecule has 0 aliphatic heterocycles. The second-order valence-corrected chi connectivity index (χ2v) is 5.67. The minimum absolute atomic E-state index is 0.00976. The summed E-state index contributed by atoms with van der Waals surface area (Å²) in [5.41, 5.74) is 1.96. The molecule has 100 valence electrons. The van der Waals surface area contributed by atoms with Crippen LogP contribution >= 0.6 is 22.9 Å². The zero-order valence-electron chi connectivity index (χ0n) is 10.6. The third-order valence-electron chi connectivity index (χ3n) is 2.58. The molecule has 1 heterocycles. The zero-order chi connectivity index (χ0) is 13.7. The summed E-state index contributed by atoms with van der Waals surface area (Å²) >= 11 is 7.50. The molecular formula is C14H15ClN2OS. The summed E-state index contributed by atoms with van der Waals surface area (Å²) < 4.78 is 0. The molecule has 1 N–H and O–H groups in total. The average Bonchev–Trinajstić information content (AvgIpc) is 2.75. The van der Waals surface area contributed by atoms with Crippen molar-refractivity contribution in [2.75, 3.05) is 6.54 Å². The van der Waals surface area contributed by atoms with Crippen LogP contribution in [0.2, 0.25) is 5.02 Å². The molecule has 2 rings (SSSR count). The van der Waals surface area contributed by atoms with Crippen molar-refractivity contribution in [3.63, 3.8) is 0 Å². The van der Waals surface area contributed by atoms with Crippen molar-refractivity contribution < 1.29 is 4.79 Å². The largest absolute Gasteiger partial charge is 0.355 e. The molecule has 0 aliphatic rings. The summed E-state index contributed by atoms with van der Waals surface area (Å²) in [4.78, 5) is 16.1. The minimum atomic E-state index is 0.00976. The van der Waals surface area contributed by atoms with E-state index in [1.54, 1.807) is 17.4 Å². The lowest BCUT2D eigenvalue weighted by atomic mass is 10.1. The first-order valence-corrected chi connectivity index (χ1v) is 7.31. The summed E-state index contributed by atoms with van der Waals surface area (Å²) in [6.45, 7) is 2.59. The number of aromatic nitrogens is 1. The molecule has 2 aromatic rings. The Morgan fingerprint density at radius 1 is 1.47 bits per heavy atom. The van der Waals surface area contributed by atoms with Gasteiger partial charge in [0, 0.05) is 29.1 Å². The van der Waals surface area contributed by atoms with Gasteiger partial charge in [0.05, 0.1) is 11.4 Å². The predicted octanol–water partition coefficient (Wildman–Crippen LogP) is 3.01. The molecule has 1 aromatic carbocycles. The molecule has 3 nitrogen and oxygen atoms in total. The van der Waals surface area contributed by atoms with Crippen LogP contribution in [0, 0.1) is 6.92 Å². The van der Waals surface area contributed by atoms with E-state index in [1.165, 1.54) is 0 Å². The molecule has 0 unspecified atom stereocenters. The maximum atomic E-state index is 11.7. The quantitative estimate of drug-likeness (QED) is 0.921. The van der Waals surface area contributed by atoms with Crippen LogP contribution in [-0.2, 0) is 17.6 Å². The van der Waals surface area contributed by atoms with E-state index in [0.29, 0.717) is 18.0 Å². The predicted molar refractivity (Wildman–Crippen MR) is 78.7 cm³/mol. The first-order chi connectivity index (χ1) is 9.13. The van der Waals surface area contributed by atoms with E-state index in [1.807, 2.05) is 30.5 Å². The number of thiazole rings is 1. The van der Waals surface area contributed by atoms with E-state index in [4.69, 9.17) is 11.6 Å². The molecule has 0 spiro atoms. The third-order valence-corrected chi connectivity index (χ3v) is 3.84. The van der Waals surface area contributed by atoms with Crippen LogP contribution in [0.1, 0.15) is 16.3 Å². The van der Waals surface area contributed by atoms with Crippen molar-refractivity contribution in [3.05, 3.63) is 50.9 Å². The minimum Gasteiger partial charge on any atom is -0.355 e. The molecule has 0 radical (unpaired) electrons. The fourth-order valence-electron chi connectivity index (χ4n) is 1.72. The molecule has 0 bridgehead atoms. The normalized spacial score (nSPS) is 10.4. The number of aryl methyl sites for hydroxylation is 1. The van der Waals surface area contributed by atoms with Gasteiger partial charge in [-0.1, -0.05) is 23.7 Å². The van der Waals surface area contributed by atoms with Gasteiger partial charge in [-0.05, 0) is 24.6 Å². The number of nitrogens with one attached hydrogen (secondary N) is 1. The Labute approximate surface area is 121 Å². The second kappa shape index (κ2) is 6.68. The van der Waals surface area contributed by atoms with Crippen LogP contribution in [0.15, 0.2) is 29.6 Å². The van der Waals surface area contributed by atoms with Gasteiger partial charge >= 0.3 is 0 Å². The molecule has 0 atom stereocenters. The van der Waals surface area contributed by atoms with Crippen molar-refractivity contribution >= 4 is 28.8 Å². The van der Waals surface area contributed by atoms with Gasteiger partial charge in [-0.25, -0.2) is 4.98 Å². The number of carbonyl (C=O) groups is 1. The summed E-state index contributed by atoms with van der Waals surface area (Å²) in [6.07, 6.45) is 1.14. The number of nitrogens with zero attached hydrogens (tertiary/aromatic N) is 1. The molecule has 19 heavy (non-hydrogen) atoms. The van der Waals surface area contributed by atoms with E-state index in [9.17, 15) is 4.79 Å². The van der Waals surface area contributed by atoms with E-state index >= 15 is 0 Å². The Morgan fingerprint density at radius 2 is 2.32 bits per heavy atom. The number of hydrogen-bond donors (Lipinski definition) is 1. The fourth-order valence-corrected chi connectivity index (χ4v) is 2.71. The van der Waals surface area contributed by atoms with Crippen molar-refractivity contribution in [1.82, 2.24) is 10.3 Å². The van der Waals surface area contributed by atoms with Crippen LogP contribution in [0.25, 0.3) is 0 Å². The van der Waals surface area contributed by atoms with Crippen molar-refractivity contribution in [2.45, 2.75) is 19.8 Å². The van der Waals surface area contributed by atoms with Gasteiger partial charge in [0.2, 0.25) is 5.91 Å². The van der Waals surface area contributed by atoms with Crippen molar-refractivity contribution in [2.24, 2.45) is 0 Å². The fraction of sp³-hybridized carbons (Fsp3) is 0.286. The topological polar surface area (TPSA) is 42.0 Å². The molecule has 5 heteroatoms. The third kappa shape index (κ3) is 4.65. The molecule has 0 saturated carbocycles. The molecule has 1 amide bonds. The molecule has 0 saturated heterocycles. The number of carbonyl (C=O) groups excluding carboxylic acids is 1. The first kappa shape index (κ1) is 14.0. The molecule has 0 fully saturated rings. The van der Waals surface area contributed by atoms with E-state index < -0.39 is 0 Å². The summed E-state index contributed by atoms with van der Waals surface area (Å²) in [6, 6.07) is 7.36. The number of halogens is 1. The Morgan fingerprint density at radius 3 is 3.00 bits per heavy atom. The highest BCUT2D eigenvalue weighted by atomic mass is 35.5. The maximum absolute atomic E-state index is 11.7. The second-order valence-electron chi connectivity index (χ2n) is 4.29. The van der Waals surface area contributed by atoms with Crippen LogP contribution in [0.4, 0.5) is 0 Å². The highest BCUT2D eigenvalue weighted by Gasteiger charge is 2.04. The van der Waals surface area contributed by atoms with Crippen LogP contribution in [0.5, 0.6) is 0 Å². The number of benzene rings is 1. The Balaban J connectivity index is 1.76. The number of hydrogen-bond acceptors (Lipinski definition) is 3. The van der Waals surface area contributed by atoms with Crippen LogP contribution < -0.4 is 5.32 Å². The average molecular weight is 295 g/mol. The van der Waals surface area contributed by atoms with Crippen LogP contribution in [-0.4, -0.2) is 17.4 Å². The van der Waals surface area contributed by atoms with E-state index in [2.05, 4.69) is 10.3 Å². The van der Waals surface area contributed by atoms with Crippen molar-refractivity contribution in [3.8, 4) is 0 Å². The van der Waals surface area contributed by atoms with E-state index in [0.717, 1.165) is 22.7 Å². The van der Waals surface area contributed by atoms with Gasteiger partial charge in [-0.15, -0.1) is 11.3 Å². The van der Waals surface area contributed by atoms with Gasteiger partial charge in [-0.3, -0.25) is 4.79 Å². The van der Waals surface area contributed by atoms with Crippen LogP contribution in [0.3, 0.4) is 0 Å². The SMILES string of the molecule is Cc1csc(CCNC(=O)Cc2cccc(Cl)c2)n1. The lowest BCUT2D eigenvalue weighted by molar-refractivity contribution is -0.120. The van der Waals surface area contributed by atoms with Gasteiger partial charge < -0.3 is 5.32 Å². The Hall–Kier alpha value is -1.39. The smallest absolute Gasteiger partial charge is 0.224 e.